The maximum absolute atomic E-state index is 13.3. The van der Waals surface area contributed by atoms with Crippen LogP contribution < -0.4 is 5.32 Å². The van der Waals surface area contributed by atoms with E-state index in [-0.39, 0.29) is 30.6 Å². The number of benzene rings is 1. The molecule has 3 N–H and O–H groups in total. The van der Waals surface area contributed by atoms with Gasteiger partial charge in [0.1, 0.15) is 6.04 Å². The Hall–Kier alpha value is -2.12. The van der Waals surface area contributed by atoms with Crippen molar-refractivity contribution in [3.05, 3.63) is 34.9 Å². The van der Waals surface area contributed by atoms with Crippen LogP contribution in [-0.2, 0) is 20.0 Å². The Morgan fingerprint density at radius 2 is 1.72 bits per heavy atom. The molecule has 1 fully saturated rings. The number of piperidine rings is 1. The number of halogens is 1. The summed E-state index contributed by atoms with van der Waals surface area (Å²) >= 11 is 6.00. The average Bonchev–Trinajstić information content (AvgIpc) is 2.71. The minimum absolute atomic E-state index is 0.0270. The lowest BCUT2D eigenvalue weighted by Crippen LogP contribution is -2.60. The third kappa shape index (κ3) is 6.23. The van der Waals surface area contributed by atoms with E-state index in [0.717, 1.165) is 5.56 Å². The van der Waals surface area contributed by atoms with Crippen molar-refractivity contribution >= 4 is 29.4 Å². The van der Waals surface area contributed by atoms with Crippen LogP contribution in [0, 0.1) is 11.3 Å². The summed E-state index contributed by atoms with van der Waals surface area (Å²) in [6, 6.07) is 6.48. The number of unbranched alkanes of at least 4 members (excludes halogenated alkanes) is 1. The Morgan fingerprint density at radius 1 is 1.12 bits per heavy atom. The smallest absolute Gasteiger partial charge is 0.303 e. The van der Waals surface area contributed by atoms with E-state index in [1.54, 1.807) is 17.0 Å². The lowest BCUT2D eigenvalue weighted by atomic mass is 9.66. The molecule has 2 unspecified atom stereocenters. The molecule has 1 aromatic carbocycles. The second-order valence-corrected chi connectivity index (χ2v) is 10.1. The van der Waals surface area contributed by atoms with Crippen LogP contribution in [0.4, 0.5) is 0 Å². The van der Waals surface area contributed by atoms with Gasteiger partial charge < -0.3 is 20.4 Å². The van der Waals surface area contributed by atoms with Crippen LogP contribution in [0.3, 0.4) is 0 Å². The van der Waals surface area contributed by atoms with Crippen molar-refractivity contribution in [2.24, 2.45) is 11.3 Å². The van der Waals surface area contributed by atoms with E-state index in [1.165, 1.54) is 0 Å². The number of nitrogens with one attached hydrogen (secondary N) is 1. The molecule has 0 saturated carbocycles. The molecule has 8 heteroatoms. The number of nitrogens with zero attached hydrogens (tertiary/aromatic N) is 1. The first kappa shape index (κ1) is 26.1. The molecule has 32 heavy (non-hydrogen) atoms. The number of rotatable bonds is 9. The van der Waals surface area contributed by atoms with E-state index in [0.29, 0.717) is 37.4 Å². The number of likely N-dealkylation sites (tertiary alicyclic amines) is 1. The van der Waals surface area contributed by atoms with E-state index in [4.69, 9.17) is 16.7 Å². The van der Waals surface area contributed by atoms with Crippen molar-refractivity contribution in [1.82, 2.24) is 10.2 Å². The second kappa shape index (κ2) is 10.7. The Bertz CT molecular complexity index is 824. The van der Waals surface area contributed by atoms with Gasteiger partial charge in [-0.25, -0.2) is 0 Å². The molecule has 1 aliphatic heterocycles. The molecule has 178 valence electrons. The predicted molar refractivity (Wildman–Crippen MR) is 123 cm³/mol. The van der Waals surface area contributed by atoms with Crippen molar-refractivity contribution in [2.75, 3.05) is 13.1 Å². The van der Waals surface area contributed by atoms with Crippen LogP contribution in [0.15, 0.2) is 24.3 Å². The zero-order valence-corrected chi connectivity index (χ0v) is 20.1. The van der Waals surface area contributed by atoms with Gasteiger partial charge in [0.15, 0.2) is 0 Å². The van der Waals surface area contributed by atoms with Crippen molar-refractivity contribution < 1.29 is 24.6 Å². The zero-order chi connectivity index (χ0) is 24.1. The Morgan fingerprint density at radius 3 is 2.25 bits per heavy atom. The lowest BCUT2D eigenvalue weighted by Gasteiger charge is -2.51. The monoisotopic (exact) mass is 466 g/mol. The van der Waals surface area contributed by atoms with Crippen molar-refractivity contribution in [3.63, 3.8) is 0 Å². The van der Waals surface area contributed by atoms with E-state index >= 15 is 0 Å². The van der Waals surface area contributed by atoms with Gasteiger partial charge in [-0.2, -0.15) is 0 Å². The summed E-state index contributed by atoms with van der Waals surface area (Å²) in [6.07, 6.45) is 1.47. The molecule has 2 atom stereocenters. The van der Waals surface area contributed by atoms with Crippen LogP contribution in [0.25, 0.3) is 0 Å². The number of aliphatic carboxylic acids is 1. The molecule has 7 nitrogen and oxygen atoms in total. The van der Waals surface area contributed by atoms with Crippen LogP contribution in [0.5, 0.6) is 0 Å². The number of amides is 2. The first-order chi connectivity index (χ1) is 14.9. The van der Waals surface area contributed by atoms with Crippen molar-refractivity contribution in [2.45, 2.75) is 71.4 Å². The summed E-state index contributed by atoms with van der Waals surface area (Å²) < 4.78 is 0. The fraction of sp³-hybridized carbons (Fsp3) is 0.625. The molecule has 1 aliphatic rings. The van der Waals surface area contributed by atoms with Crippen LogP contribution in [0.2, 0.25) is 5.02 Å². The maximum atomic E-state index is 13.3. The molecule has 2 amide bonds. The molecule has 1 heterocycles. The second-order valence-electron chi connectivity index (χ2n) is 9.65. The van der Waals surface area contributed by atoms with Gasteiger partial charge in [-0.05, 0) is 42.9 Å². The molecule has 1 aromatic rings. The number of carboxylic acid groups (broad SMARTS) is 1. The standard InChI is InChI=1S/C24H35ClN2O5/c1-16(2)21(26-19(28)7-5-6-8-20(29)30)22(31)27-14-13-24(32,23(3,4)15-27)17-9-11-18(25)12-10-17/h9-12,16,21,32H,5-8,13-15H2,1-4H3,(H,26,28)(H,29,30). The van der Waals surface area contributed by atoms with Crippen molar-refractivity contribution in [1.29, 1.82) is 0 Å². The van der Waals surface area contributed by atoms with Gasteiger partial charge in [-0.1, -0.05) is 51.4 Å². The minimum Gasteiger partial charge on any atom is -0.481 e. The number of hydrogen-bond acceptors (Lipinski definition) is 4. The number of carbonyl (C=O) groups excluding carboxylic acids is 2. The van der Waals surface area contributed by atoms with Gasteiger partial charge in [0.2, 0.25) is 11.8 Å². The number of hydrogen-bond donors (Lipinski definition) is 3. The summed E-state index contributed by atoms with van der Waals surface area (Å²) in [5, 5.41) is 23.7. The summed E-state index contributed by atoms with van der Waals surface area (Å²) in [4.78, 5) is 38.0. The van der Waals surface area contributed by atoms with E-state index in [2.05, 4.69) is 5.32 Å². The van der Waals surface area contributed by atoms with Gasteiger partial charge >= 0.3 is 5.97 Å². The lowest BCUT2D eigenvalue weighted by molar-refractivity contribution is -0.156. The molecule has 0 aromatic heterocycles. The van der Waals surface area contributed by atoms with Gasteiger partial charge in [-0.15, -0.1) is 0 Å². The molecular weight excluding hydrogens is 432 g/mol. The first-order valence-corrected chi connectivity index (χ1v) is 11.5. The van der Waals surface area contributed by atoms with Crippen LogP contribution in [-0.4, -0.2) is 52.0 Å². The SMILES string of the molecule is CC(C)C(NC(=O)CCCCC(=O)O)C(=O)N1CCC(O)(c2ccc(Cl)cc2)C(C)(C)C1. The number of carboxylic acids is 1. The fourth-order valence-electron chi connectivity index (χ4n) is 4.29. The highest BCUT2D eigenvalue weighted by Crippen LogP contribution is 2.46. The van der Waals surface area contributed by atoms with E-state index < -0.39 is 23.0 Å². The maximum Gasteiger partial charge on any atom is 0.303 e. The summed E-state index contributed by atoms with van der Waals surface area (Å²) in [7, 11) is 0. The summed E-state index contributed by atoms with van der Waals surface area (Å²) in [5.74, 6) is -1.40. The Balaban J connectivity index is 2.05. The molecule has 0 spiro atoms. The third-order valence-electron chi connectivity index (χ3n) is 6.38. The topological polar surface area (TPSA) is 107 Å². The Labute approximate surface area is 195 Å². The number of aliphatic hydroxyl groups is 1. The molecule has 1 saturated heterocycles. The molecule has 0 bridgehead atoms. The normalized spacial score (nSPS) is 21.3. The highest BCUT2D eigenvalue weighted by molar-refractivity contribution is 6.30. The highest BCUT2D eigenvalue weighted by Gasteiger charge is 2.50. The quantitative estimate of drug-likeness (QED) is 0.482. The molecule has 0 radical (unpaired) electrons. The summed E-state index contributed by atoms with van der Waals surface area (Å²) in [5.41, 5.74) is -0.944. The molecule has 0 aliphatic carbocycles. The predicted octanol–water partition coefficient (Wildman–Crippen LogP) is 3.57. The summed E-state index contributed by atoms with van der Waals surface area (Å²) in [6.45, 7) is 8.36. The van der Waals surface area contributed by atoms with E-state index in [9.17, 15) is 19.5 Å². The van der Waals surface area contributed by atoms with Crippen LogP contribution in [0.1, 0.15) is 65.4 Å². The van der Waals surface area contributed by atoms with Crippen LogP contribution >= 0.6 is 11.6 Å². The molecular formula is C24H35ClN2O5. The highest BCUT2D eigenvalue weighted by atomic mass is 35.5. The zero-order valence-electron chi connectivity index (χ0n) is 19.4. The number of carbonyl (C=O) groups is 3. The largest absolute Gasteiger partial charge is 0.481 e. The van der Waals surface area contributed by atoms with Gasteiger partial charge in [-0.3, -0.25) is 14.4 Å². The first-order valence-electron chi connectivity index (χ1n) is 11.2. The van der Waals surface area contributed by atoms with Crippen molar-refractivity contribution in [3.8, 4) is 0 Å². The minimum atomic E-state index is -1.10. The average molecular weight is 467 g/mol. The fourth-order valence-corrected chi connectivity index (χ4v) is 4.41. The van der Waals surface area contributed by atoms with Gasteiger partial charge in [0.25, 0.3) is 0 Å². The van der Waals surface area contributed by atoms with Gasteiger partial charge in [0, 0.05) is 36.4 Å². The Kier molecular flexibility index (Phi) is 8.71. The molecule has 2 rings (SSSR count). The third-order valence-corrected chi connectivity index (χ3v) is 6.63. The van der Waals surface area contributed by atoms with E-state index in [1.807, 2.05) is 39.8 Å². The van der Waals surface area contributed by atoms with Gasteiger partial charge in [0.05, 0.1) is 5.60 Å².